The van der Waals surface area contributed by atoms with Crippen molar-refractivity contribution in [3.8, 4) is 0 Å². The number of carbonyl (C=O) groups excluding carboxylic acids is 5. The van der Waals surface area contributed by atoms with Crippen LogP contribution in [0, 0.1) is 11.8 Å². The number of nitrogens with one attached hydrogen (secondary N) is 4. The van der Waals surface area contributed by atoms with Crippen molar-refractivity contribution < 1.29 is 28.7 Å². The van der Waals surface area contributed by atoms with Crippen LogP contribution in [0.15, 0.2) is 60.7 Å². The molecule has 4 amide bonds. The number of ether oxygens (including phenoxy) is 1. The Morgan fingerprint density at radius 1 is 0.750 bits per heavy atom. The summed E-state index contributed by atoms with van der Waals surface area (Å²) in [6.45, 7) is 7.21. The van der Waals surface area contributed by atoms with E-state index in [0.717, 1.165) is 11.1 Å². The summed E-state index contributed by atoms with van der Waals surface area (Å²) in [7, 11) is 0. The molecule has 0 bridgehead atoms. The molecule has 0 aliphatic heterocycles. The molecule has 0 spiro atoms. The summed E-state index contributed by atoms with van der Waals surface area (Å²) in [5.74, 6) is -1.63. The largest absolute Gasteiger partial charge is 0.445 e. The quantitative estimate of drug-likeness (QED) is 0.250. The van der Waals surface area contributed by atoms with E-state index in [-0.39, 0.29) is 37.3 Å². The molecule has 40 heavy (non-hydrogen) atoms. The number of rotatable bonds is 15. The van der Waals surface area contributed by atoms with Gasteiger partial charge < -0.3 is 30.8 Å². The van der Waals surface area contributed by atoms with Gasteiger partial charge >= 0.3 is 6.09 Å². The normalized spacial score (nSPS) is 13.1. The van der Waals surface area contributed by atoms with Crippen LogP contribution in [0.3, 0.4) is 0 Å². The Labute approximate surface area is 235 Å². The van der Waals surface area contributed by atoms with Gasteiger partial charge in [-0.05, 0) is 23.5 Å². The zero-order valence-corrected chi connectivity index (χ0v) is 23.5. The van der Waals surface area contributed by atoms with Crippen LogP contribution in [0.5, 0.6) is 0 Å². The van der Waals surface area contributed by atoms with E-state index in [2.05, 4.69) is 21.3 Å². The molecular weight excluding hydrogens is 512 g/mol. The molecule has 2 rings (SSSR count). The second kappa shape index (κ2) is 16.7. The van der Waals surface area contributed by atoms with Gasteiger partial charge in [-0.3, -0.25) is 14.4 Å². The maximum atomic E-state index is 13.4. The van der Waals surface area contributed by atoms with Crippen molar-refractivity contribution in [2.45, 2.75) is 65.3 Å². The molecule has 2 aromatic rings. The molecule has 0 aromatic heterocycles. The Hall–Kier alpha value is -4.21. The monoisotopic (exact) mass is 552 g/mol. The standard InChI is InChI=1S/C30H40N4O6/c1-20(2)15-25(34-30(39)40-19-23-13-9-6-10-14-23)29(38)33-26(16-22-11-7-5-8-12-22)28(37)32-24(18-35)17-31-27(36)21(3)4/h5-14,18,20-21,24-26H,15-17,19H2,1-4H3,(H,31,36)(H,32,37)(H,33,38)(H,34,39)/t24-,25-,26-/m0/s1. The van der Waals surface area contributed by atoms with Gasteiger partial charge in [-0.2, -0.15) is 0 Å². The van der Waals surface area contributed by atoms with Crippen LogP contribution in [-0.4, -0.2) is 54.8 Å². The van der Waals surface area contributed by atoms with Crippen molar-refractivity contribution >= 4 is 30.1 Å². The molecule has 2 aromatic carbocycles. The number of hydrogen-bond acceptors (Lipinski definition) is 6. The van der Waals surface area contributed by atoms with E-state index >= 15 is 0 Å². The number of hydrogen-bond donors (Lipinski definition) is 4. The van der Waals surface area contributed by atoms with Gasteiger partial charge in [0.25, 0.3) is 0 Å². The van der Waals surface area contributed by atoms with E-state index in [1.165, 1.54) is 0 Å². The Morgan fingerprint density at radius 3 is 1.88 bits per heavy atom. The van der Waals surface area contributed by atoms with Crippen LogP contribution in [0.2, 0.25) is 0 Å². The van der Waals surface area contributed by atoms with E-state index in [4.69, 9.17) is 4.74 Å². The van der Waals surface area contributed by atoms with Crippen molar-refractivity contribution in [2.75, 3.05) is 6.54 Å². The van der Waals surface area contributed by atoms with E-state index in [9.17, 15) is 24.0 Å². The Kier molecular flexibility index (Phi) is 13.4. The first kappa shape index (κ1) is 32.0. The van der Waals surface area contributed by atoms with Gasteiger partial charge in [0.1, 0.15) is 31.0 Å². The number of carbonyl (C=O) groups is 5. The lowest BCUT2D eigenvalue weighted by Crippen LogP contribution is -2.57. The molecule has 10 nitrogen and oxygen atoms in total. The maximum absolute atomic E-state index is 13.4. The van der Waals surface area contributed by atoms with Crippen molar-refractivity contribution in [1.82, 2.24) is 21.3 Å². The first-order chi connectivity index (χ1) is 19.1. The molecular formula is C30H40N4O6. The van der Waals surface area contributed by atoms with Crippen molar-refractivity contribution in [2.24, 2.45) is 11.8 Å². The van der Waals surface area contributed by atoms with Gasteiger partial charge in [0, 0.05) is 18.9 Å². The van der Waals surface area contributed by atoms with Gasteiger partial charge in [0.2, 0.25) is 17.7 Å². The molecule has 0 saturated carbocycles. The Balaban J connectivity index is 2.12. The Morgan fingerprint density at radius 2 is 1.32 bits per heavy atom. The molecule has 0 unspecified atom stereocenters. The third-order valence-corrected chi connectivity index (χ3v) is 5.96. The second-order valence-corrected chi connectivity index (χ2v) is 10.3. The molecule has 3 atom stereocenters. The third-order valence-electron chi connectivity index (χ3n) is 5.96. The zero-order chi connectivity index (χ0) is 29.5. The minimum absolute atomic E-state index is 0.0438. The van der Waals surface area contributed by atoms with E-state index in [1.54, 1.807) is 13.8 Å². The minimum Gasteiger partial charge on any atom is -0.445 e. The van der Waals surface area contributed by atoms with E-state index in [0.29, 0.717) is 12.7 Å². The van der Waals surface area contributed by atoms with Crippen LogP contribution in [0.4, 0.5) is 4.79 Å². The smallest absolute Gasteiger partial charge is 0.408 e. The lowest BCUT2D eigenvalue weighted by Gasteiger charge is -2.25. The highest BCUT2D eigenvalue weighted by molar-refractivity contribution is 5.92. The summed E-state index contributed by atoms with van der Waals surface area (Å²) in [6, 6.07) is 15.3. The van der Waals surface area contributed by atoms with Crippen LogP contribution in [0.1, 0.15) is 45.2 Å². The first-order valence-electron chi connectivity index (χ1n) is 13.4. The molecule has 0 saturated heterocycles. The fourth-order valence-corrected chi connectivity index (χ4v) is 3.77. The zero-order valence-electron chi connectivity index (χ0n) is 23.5. The van der Waals surface area contributed by atoms with Gasteiger partial charge in [-0.1, -0.05) is 88.4 Å². The molecule has 0 aliphatic carbocycles. The highest BCUT2D eigenvalue weighted by Gasteiger charge is 2.29. The fourth-order valence-electron chi connectivity index (χ4n) is 3.77. The van der Waals surface area contributed by atoms with Crippen LogP contribution in [0.25, 0.3) is 0 Å². The topological polar surface area (TPSA) is 143 Å². The lowest BCUT2D eigenvalue weighted by atomic mass is 10.0. The predicted molar refractivity (Wildman–Crippen MR) is 151 cm³/mol. The van der Waals surface area contributed by atoms with Gasteiger partial charge in [0.15, 0.2) is 0 Å². The summed E-state index contributed by atoms with van der Waals surface area (Å²) < 4.78 is 5.29. The van der Waals surface area contributed by atoms with Crippen LogP contribution in [-0.2, 0) is 36.9 Å². The minimum atomic E-state index is -1.05. The molecule has 0 radical (unpaired) electrons. The summed E-state index contributed by atoms with van der Waals surface area (Å²) in [5, 5.41) is 10.6. The van der Waals surface area contributed by atoms with Crippen molar-refractivity contribution in [3.05, 3.63) is 71.8 Å². The SMILES string of the molecule is CC(C)C[C@H](NC(=O)OCc1ccccc1)C(=O)N[C@@H](Cc1ccccc1)C(=O)N[C@H](C=O)CNC(=O)C(C)C. The van der Waals surface area contributed by atoms with E-state index in [1.807, 2.05) is 74.5 Å². The summed E-state index contributed by atoms with van der Waals surface area (Å²) in [5.41, 5.74) is 1.59. The van der Waals surface area contributed by atoms with Gasteiger partial charge in [-0.25, -0.2) is 4.79 Å². The highest BCUT2D eigenvalue weighted by atomic mass is 16.5. The van der Waals surface area contributed by atoms with Gasteiger partial charge in [0.05, 0.1) is 0 Å². The van der Waals surface area contributed by atoms with Crippen molar-refractivity contribution in [3.63, 3.8) is 0 Å². The molecule has 216 valence electrons. The molecule has 4 N–H and O–H groups in total. The number of alkyl carbamates (subject to hydrolysis) is 1. The molecule has 0 aliphatic rings. The van der Waals surface area contributed by atoms with Crippen LogP contribution >= 0.6 is 0 Å². The summed E-state index contributed by atoms with van der Waals surface area (Å²) in [6.07, 6.45) is 0.237. The molecule has 10 heteroatoms. The highest BCUT2D eigenvalue weighted by Crippen LogP contribution is 2.09. The van der Waals surface area contributed by atoms with E-state index < -0.39 is 36.0 Å². The number of benzene rings is 2. The molecule has 0 heterocycles. The molecule has 0 fully saturated rings. The van der Waals surface area contributed by atoms with Crippen molar-refractivity contribution in [1.29, 1.82) is 0 Å². The summed E-state index contributed by atoms with van der Waals surface area (Å²) in [4.78, 5) is 62.6. The van der Waals surface area contributed by atoms with Crippen LogP contribution < -0.4 is 21.3 Å². The maximum Gasteiger partial charge on any atom is 0.408 e. The average Bonchev–Trinajstić information content (AvgIpc) is 2.93. The number of amides is 4. The summed E-state index contributed by atoms with van der Waals surface area (Å²) >= 11 is 0. The average molecular weight is 553 g/mol. The predicted octanol–water partition coefficient (Wildman–Crippen LogP) is 2.51. The lowest BCUT2D eigenvalue weighted by molar-refractivity contribution is -0.131. The third kappa shape index (κ3) is 11.7. The Bertz CT molecular complexity index is 1110. The van der Waals surface area contributed by atoms with Gasteiger partial charge in [-0.15, -0.1) is 0 Å². The first-order valence-corrected chi connectivity index (χ1v) is 13.4. The second-order valence-electron chi connectivity index (χ2n) is 10.3. The fraction of sp³-hybridized carbons (Fsp3) is 0.433. The number of aldehydes is 1.